The van der Waals surface area contributed by atoms with E-state index >= 15 is 0 Å². The fourth-order valence-electron chi connectivity index (χ4n) is 2.68. The number of H-pyrrole nitrogens is 1. The van der Waals surface area contributed by atoms with Gasteiger partial charge in [0.1, 0.15) is 0 Å². The molecule has 0 unspecified atom stereocenters. The van der Waals surface area contributed by atoms with Gasteiger partial charge in [0.2, 0.25) is 0 Å². The lowest BCUT2D eigenvalue weighted by atomic mass is 9.83. The molecule has 1 aliphatic carbocycles. The molecule has 0 amide bonds. The summed E-state index contributed by atoms with van der Waals surface area (Å²) in [6.07, 6.45) is 6.16. The van der Waals surface area contributed by atoms with Crippen LogP contribution in [0.5, 0.6) is 0 Å². The number of aromatic amines is 1. The van der Waals surface area contributed by atoms with Crippen molar-refractivity contribution >= 4 is 10.0 Å². The van der Waals surface area contributed by atoms with Gasteiger partial charge in [0.05, 0.1) is 6.20 Å². The van der Waals surface area contributed by atoms with Gasteiger partial charge >= 0.3 is 0 Å². The lowest BCUT2D eigenvalue weighted by molar-refractivity contribution is 0.290. The lowest BCUT2D eigenvalue weighted by Gasteiger charge is -2.26. The fraction of sp³-hybridized carbons (Fsp3) is 0.769. The highest BCUT2D eigenvalue weighted by Crippen LogP contribution is 2.28. The third-order valence-electron chi connectivity index (χ3n) is 4.01. The van der Waals surface area contributed by atoms with E-state index in [1.807, 2.05) is 0 Å². The summed E-state index contributed by atoms with van der Waals surface area (Å²) in [6, 6.07) is 0. The number of nitrogens with one attached hydrogen (secondary N) is 3. The Balaban J connectivity index is 1.95. The first kappa shape index (κ1) is 15.5. The second-order valence-corrected chi connectivity index (χ2v) is 7.44. The molecule has 0 aliphatic heterocycles. The average molecular weight is 300 g/mol. The summed E-state index contributed by atoms with van der Waals surface area (Å²) >= 11 is 0. The Morgan fingerprint density at radius 3 is 2.70 bits per heavy atom. The molecular weight excluding hydrogens is 276 g/mol. The zero-order chi connectivity index (χ0) is 14.6. The molecule has 6 nitrogen and oxygen atoms in total. The fourth-order valence-corrected chi connectivity index (χ4v) is 3.92. The van der Waals surface area contributed by atoms with Crippen LogP contribution in [0, 0.1) is 11.8 Å². The summed E-state index contributed by atoms with van der Waals surface area (Å²) < 4.78 is 27.3. The number of rotatable bonds is 6. The summed E-state index contributed by atoms with van der Waals surface area (Å²) in [4.78, 5) is 0. The van der Waals surface area contributed by atoms with E-state index in [-0.39, 0.29) is 5.03 Å². The second kappa shape index (κ2) is 6.69. The summed E-state index contributed by atoms with van der Waals surface area (Å²) in [6.45, 7) is 3.26. The van der Waals surface area contributed by atoms with Gasteiger partial charge in [0.15, 0.2) is 5.03 Å². The first-order valence-corrected chi connectivity index (χ1v) is 8.67. The smallest absolute Gasteiger partial charge is 0.257 e. The molecule has 0 bridgehead atoms. The number of sulfonamides is 1. The molecule has 20 heavy (non-hydrogen) atoms. The lowest BCUT2D eigenvalue weighted by Crippen LogP contribution is -2.32. The van der Waals surface area contributed by atoms with Crippen LogP contribution >= 0.6 is 0 Å². The maximum Gasteiger partial charge on any atom is 0.257 e. The highest BCUT2D eigenvalue weighted by Gasteiger charge is 2.23. The number of hydrogen-bond donors (Lipinski definition) is 3. The normalized spacial score (nSPS) is 23.9. The Kier molecular flexibility index (Phi) is 5.17. The highest BCUT2D eigenvalue weighted by molar-refractivity contribution is 7.89. The maximum atomic E-state index is 12.3. The average Bonchev–Trinajstić information content (AvgIpc) is 2.88. The van der Waals surface area contributed by atoms with E-state index in [0.717, 1.165) is 18.8 Å². The minimum absolute atomic E-state index is 0.177. The van der Waals surface area contributed by atoms with Gasteiger partial charge in [0.25, 0.3) is 10.0 Å². The molecule has 0 spiro atoms. The van der Waals surface area contributed by atoms with Crippen LogP contribution in [-0.2, 0) is 16.6 Å². The van der Waals surface area contributed by atoms with Crippen molar-refractivity contribution in [1.82, 2.24) is 20.2 Å². The first-order chi connectivity index (χ1) is 9.53. The van der Waals surface area contributed by atoms with E-state index in [1.54, 1.807) is 13.2 Å². The topological polar surface area (TPSA) is 86.9 Å². The van der Waals surface area contributed by atoms with Gasteiger partial charge < -0.3 is 5.32 Å². The molecular formula is C13H24N4O2S. The molecule has 114 valence electrons. The molecule has 2 rings (SSSR count). The Hall–Kier alpha value is -0.920. The summed E-state index contributed by atoms with van der Waals surface area (Å²) in [5.74, 6) is 1.23. The molecule has 1 heterocycles. The van der Waals surface area contributed by atoms with E-state index < -0.39 is 10.0 Å². The number of nitrogens with zero attached hydrogens (tertiary/aromatic N) is 1. The molecule has 1 fully saturated rings. The van der Waals surface area contributed by atoms with E-state index in [2.05, 4.69) is 27.2 Å². The van der Waals surface area contributed by atoms with E-state index in [4.69, 9.17) is 0 Å². The van der Waals surface area contributed by atoms with Gasteiger partial charge in [-0.2, -0.15) is 5.10 Å². The molecule has 0 saturated heterocycles. The molecule has 1 saturated carbocycles. The van der Waals surface area contributed by atoms with Crippen molar-refractivity contribution in [2.75, 3.05) is 13.6 Å². The summed E-state index contributed by atoms with van der Waals surface area (Å²) in [5.41, 5.74) is 0.664. The van der Waals surface area contributed by atoms with Crippen LogP contribution < -0.4 is 10.0 Å². The first-order valence-electron chi connectivity index (χ1n) is 7.19. The van der Waals surface area contributed by atoms with E-state index in [9.17, 15) is 8.42 Å². The summed E-state index contributed by atoms with van der Waals surface area (Å²) in [7, 11) is -1.71. The van der Waals surface area contributed by atoms with Gasteiger partial charge in [-0.25, -0.2) is 13.1 Å². The van der Waals surface area contributed by atoms with Crippen LogP contribution in [0.3, 0.4) is 0 Å². The van der Waals surface area contributed by atoms with E-state index in [1.165, 1.54) is 12.8 Å². The van der Waals surface area contributed by atoms with E-state index in [0.29, 0.717) is 24.6 Å². The largest absolute Gasteiger partial charge is 0.316 e. The Morgan fingerprint density at radius 1 is 1.35 bits per heavy atom. The van der Waals surface area contributed by atoms with Crippen LogP contribution in [0.25, 0.3) is 0 Å². The maximum absolute atomic E-state index is 12.3. The quantitative estimate of drug-likeness (QED) is 0.737. The Bertz CT molecular complexity index is 518. The number of hydrogen-bond acceptors (Lipinski definition) is 4. The monoisotopic (exact) mass is 300 g/mol. The molecule has 7 heteroatoms. The number of aromatic nitrogens is 2. The van der Waals surface area contributed by atoms with Crippen molar-refractivity contribution in [3.8, 4) is 0 Å². The molecule has 0 atom stereocenters. The van der Waals surface area contributed by atoms with Crippen LogP contribution in [0.4, 0.5) is 0 Å². The minimum Gasteiger partial charge on any atom is -0.316 e. The SMILES string of the molecule is CNCc1cn[nH]c1S(=O)(=O)NCC1CCC(C)CC1. The van der Waals surface area contributed by atoms with Crippen molar-refractivity contribution in [3.63, 3.8) is 0 Å². The molecule has 0 radical (unpaired) electrons. The van der Waals surface area contributed by atoms with Gasteiger partial charge in [-0.05, 0) is 31.7 Å². The molecule has 0 aromatic carbocycles. The van der Waals surface area contributed by atoms with Gasteiger partial charge in [-0.3, -0.25) is 5.10 Å². The predicted octanol–water partition coefficient (Wildman–Crippen LogP) is 1.23. The van der Waals surface area contributed by atoms with Gasteiger partial charge in [-0.1, -0.05) is 19.8 Å². The summed E-state index contributed by atoms with van der Waals surface area (Å²) in [5, 5.41) is 9.53. The standard InChI is InChI=1S/C13H24N4O2S/c1-10-3-5-11(6-4-10)7-16-20(18,19)13-12(8-14-2)9-15-17-13/h9-11,14,16H,3-8H2,1-2H3,(H,15,17). The molecule has 1 aromatic heterocycles. The predicted molar refractivity (Wildman–Crippen MR) is 77.7 cm³/mol. The van der Waals surface area contributed by atoms with Gasteiger partial charge in [0, 0.05) is 18.7 Å². The van der Waals surface area contributed by atoms with Crippen molar-refractivity contribution in [2.24, 2.45) is 11.8 Å². The van der Waals surface area contributed by atoms with Crippen LogP contribution in [-0.4, -0.2) is 32.2 Å². The minimum atomic E-state index is -3.49. The van der Waals surface area contributed by atoms with Crippen molar-refractivity contribution in [3.05, 3.63) is 11.8 Å². The molecule has 1 aromatic rings. The zero-order valence-electron chi connectivity index (χ0n) is 12.1. The Labute approximate surface area is 120 Å². The zero-order valence-corrected chi connectivity index (χ0v) is 13.0. The van der Waals surface area contributed by atoms with Crippen molar-refractivity contribution in [1.29, 1.82) is 0 Å². The molecule has 3 N–H and O–H groups in total. The Morgan fingerprint density at radius 2 is 2.05 bits per heavy atom. The third kappa shape index (κ3) is 3.80. The van der Waals surface area contributed by atoms with Crippen LogP contribution in [0.15, 0.2) is 11.2 Å². The third-order valence-corrected chi connectivity index (χ3v) is 5.45. The molecule has 1 aliphatic rings. The second-order valence-electron chi connectivity index (χ2n) is 5.73. The van der Waals surface area contributed by atoms with Crippen LogP contribution in [0.1, 0.15) is 38.2 Å². The highest BCUT2D eigenvalue weighted by atomic mass is 32.2. The van der Waals surface area contributed by atoms with Gasteiger partial charge in [-0.15, -0.1) is 0 Å². The van der Waals surface area contributed by atoms with Crippen molar-refractivity contribution < 1.29 is 8.42 Å². The van der Waals surface area contributed by atoms with Crippen molar-refractivity contribution in [2.45, 2.75) is 44.2 Å². The van der Waals surface area contributed by atoms with Crippen LogP contribution in [0.2, 0.25) is 0 Å².